The zero-order chi connectivity index (χ0) is 6.57. The Morgan fingerprint density at radius 2 is 2.12 bits per heavy atom. The molecule has 0 aromatic rings. The number of hydrogen-bond acceptors (Lipinski definition) is 1. The first-order valence-electron chi connectivity index (χ1n) is 2.88. The molecule has 0 spiro atoms. The quantitative estimate of drug-likeness (QED) is 0.499. The van der Waals surface area contributed by atoms with Crippen LogP contribution < -0.4 is 0 Å². The summed E-state index contributed by atoms with van der Waals surface area (Å²) in [7, 11) is 0. The van der Waals surface area contributed by atoms with Crippen LogP contribution in [0, 0.1) is 0 Å². The summed E-state index contributed by atoms with van der Waals surface area (Å²) in [5.41, 5.74) is 0.868. The van der Waals surface area contributed by atoms with Crippen molar-refractivity contribution >= 4 is 5.78 Å². The maximum absolute atomic E-state index is 10.7. The molecule has 8 heavy (non-hydrogen) atoms. The molecule has 0 rings (SSSR count). The number of rotatable bonds is 2. The number of carbonyl (C=O) groups is 1. The van der Waals surface area contributed by atoms with Gasteiger partial charge >= 0.3 is 0 Å². The Hall–Kier alpha value is -0.590. The predicted molar refractivity (Wildman–Crippen MR) is 34.7 cm³/mol. The van der Waals surface area contributed by atoms with Crippen molar-refractivity contribution in [1.29, 1.82) is 0 Å². The van der Waals surface area contributed by atoms with Gasteiger partial charge in [-0.15, -0.1) is 0 Å². The predicted octanol–water partition coefficient (Wildman–Crippen LogP) is 1.93. The molecule has 0 saturated carbocycles. The fourth-order valence-corrected chi connectivity index (χ4v) is 0.440. The average Bonchev–Trinajstić information content (AvgIpc) is 1.84. The fraction of sp³-hybridized carbons (Fsp3) is 0.571. The normalized spacial score (nSPS) is 11.6. The third-order valence-electron chi connectivity index (χ3n) is 1.19. The molecule has 1 nitrogen and oxygen atoms in total. The van der Waals surface area contributed by atoms with Crippen LogP contribution in [0.5, 0.6) is 0 Å². The van der Waals surface area contributed by atoms with Crippen molar-refractivity contribution < 1.29 is 4.79 Å². The molecule has 0 amide bonds. The van der Waals surface area contributed by atoms with Crippen LogP contribution in [-0.2, 0) is 4.79 Å². The summed E-state index contributed by atoms with van der Waals surface area (Å²) in [6.07, 6.45) is 2.46. The summed E-state index contributed by atoms with van der Waals surface area (Å²) in [4.78, 5) is 10.7. The van der Waals surface area contributed by atoms with Crippen molar-refractivity contribution in [3.05, 3.63) is 11.6 Å². The summed E-state index contributed by atoms with van der Waals surface area (Å²) in [6.45, 7) is 5.59. The van der Waals surface area contributed by atoms with E-state index < -0.39 is 0 Å². The molecule has 0 aliphatic carbocycles. The van der Waals surface area contributed by atoms with Crippen molar-refractivity contribution in [1.82, 2.24) is 0 Å². The van der Waals surface area contributed by atoms with E-state index in [2.05, 4.69) is 0 Å². The van der Waals surface area contributed by atoms with E-state index in [0.29, 0.717) is 6.42 Å². The molecule has 0 heterocycles. The van der Waals surface area contributed by atoms with Gasteiger partial charge in [-0.25, -0.2) is 0 Å². The minimum atomic E-state index is 0.243. The van der Waals surface area contributed by atoms with Gasteiger partial charge in [0.1, 0.15) is 0 Å². The molecular formula is C7H12O. The summed E-state index contributed by atoms with van der Waals surface area (Å²) >= 11 is 0. The Balaban J connectivity index is 3.83. The molecule has 0 atom stereocenters. The minimum absolute atomic E-state index is 0.243. The molecule has 0 fully saturated rings. The maximum atomic E-state index is 10.7. The smallest absolute Gasteiger partial charge is 0.157 e. The summed E-state index contributed by atoms with van der Waals surface area (Å²) in [6, 6.07) is 0. The third-order valence-corrected chi connectivity index (χ3v) is 1.19. The Kier molecular flexibility index (Phi) is 3.16. The molecule has 0 aliphatic heterocycles. The molecule has 1 heteroatoms. The Labute approximate surface area is 50.4 Å². The van der Waals surface area contributed by atoms with E-state index in [4.69, 9.17) is 0 Å². The highest BCUT2D eigenvalue weighted by Crippen LogP contribution is 1.95. The zero-order valence-electron chi connectivity index (χ0n) is 5.69. The van der Waals surface area contributed by atoms with E-state index in [1.54, 1.807) is 0 Å². The van der Waals surface area contributed by atoms with Crippen molar-refractivity contribution in [2.24, 2.45) is 0 Å². The number of ketones is 1. The lowest BCUT2D eigenvalue weighted by atomic mass is 10.1. The molecular weight excluding hydrogens is 100 g/mol. The van der Waals surface area contributed by atoms with E-state index in [9.17, 15) is 4.79 Å². The fourth-order valence-electron chi connectivity index (χ4n) is 0.440. The average molecular weight is 112 g/mol. The van der Waals surface area contributed by atoms with Crippen molar-refractivity contribution in [2.75, 3.05) is 0 Å². The Bertz CT molecular complexity index is 112. The summed E-state index contributed by atoms with van der Waals surface area (Å²) < 4.78 is 0. The van der Waals surface area contributed by atoms with Crippen LogP contribution in [0.25, 0.3) is 0 Å². The van der Waals surface area contributed by atoms with E-state index in [1.165, 1.54) is 0 Å². The van der Waals surface area contributed by atoms with Gasteiger partial charge in [-0.3, -0.25) is 4.79 Å². The summed E-state index contributed by atoms with van der Waals surface area (Å²) in [5, 5.41) is 0. The molecule has 0 aromatic carbocycles. The highest BCUT2D eigenvalue weighted by Gasteiger charge is 1.96. The van der Waals surface area contributed by atoms with Gasteiger partial charge in [-0.2, -0.15) is 0 Å². The molecule has 0 saturated heterocycles. The Morgan fingerprint density at radius 1 is 1.62 bits per heavy atom. The first kappa shape index (κ1) is 7.41. The highest BCUT2D eigenvalue weighted by molar-refractivity contribution is 5.94. The lowest BCUT2D eigenvalue weighted by molar-refractivity contribution is -0.115. The largest absolute Gasteiger partial charge is 0.295 e. The minimum Gasteiger partial charge on any atom is -0.295 e. The monoisotopic (exact) mass is 112 g/mol. The van der Waals surface area contributed by atoms with Gasteiger partial charge in [-0.05, 0) is 19.4 Å². The maximum Gasteiger partial charge on any atom is 0.157 e. The van der Waals surface area contributed by atoms with E-state index in [1.807, 2.05) is 26.8 Å². The number of Topliss-reactive ketones (excluding diaryl/α,β-unsaturated/α-hetero) is 1. The van der Waals surface area contributed by atoms with Crippen molar-refractivity contribution in [3.8, 4) is 0 Å². The number of hydrogen-bond donors (Lipinski definition) is 0. The van der Waals surface area contributed by atoms with Crippen LogP contribution in [0.4, 0.5) is 0 Å². The number of carbonyl (C=O) groups excluding carboxylic acids is 1. The molecule has 46 valence electrons. The van der Waals surface area contributed by atoms with Crippen LogP contribution >= 0.6 is 0 Å². The molecule has 0 aliphatic rings. The first-order chi connectivity index (χ1) is 3.72. The topological polar surface area (TPSA) is 17.1 Å². The van der Waals surface area contributed by atoms with E-state index in [-0.39, 0.29) is 5.78 Å². The molecule has 0 N–H and O–H groups in total. The van der Waals surface area contributed by atoms with Crippen LogP contribution in [0.3, 0.4) is 0 Å². The van der Waals surface area contributed by atoms with Gasteiger partial charge in [0, 0.05) is 6.42 Å². The van der Waals surface area contributed by atoms with E-state index >= 15 is 0 Å². The first-order valence-corrected chi connectivity index (χ1v) is 2.88. The van der Waals surface area contributed by atoms with Gasteiger partial charge in [0.2, 0.25) is 0 Å². The number of allylic oxidation sites excluding steroid dienone is 2. The van der Waals surface area contributed by atoms with Crippen LogP contribution in [0.1, 0.15) is 27.2 Å². The second kappa shape index (κ2) is 3.42. The molecule has 0 radical (unpaired) electrons. The van der Waals surface area contributed by atoms with Gasteiger partial charge in [-0.1, -0.05) is 13.0 Å². The second-order valence-corrected chi connectivity index (χ2v) is 1.75. The van der Waals surface area contributed by atoms with Crippen molar-refractivity contribution in [2.45, 2.75) is 27.2 Å². The van der Waals surface area contributed by atoms with Crippen LogP contribution in [0.15, 0.2) is 11.6 Å². The standard InChI is InChI=1S/C7H12O/c1-4-6(3)7(8)5-2/h4H,5H2,1-3H3/b6-4+. The van der Waals surface area contributed by atoms with Gasteiger partial charge in [0.15, 0.2) is 5.78 Å². The van der Waals surface area contributed by atoms with Gasteiger partial charge in [0.25, 0.3) is 0 Å². The highest BCUT2D eigenvalue weighted by atomic mass is 16.1. The van der Waals surface area contributed by atoms with Crippen molar-refractivity contribution in [3.63, 3.8) is 0 Å². The molecule has 0 bridgehead atoms. The lowest BCUT2D eigenvalue weighted by Gasteiger charge is -1.91. The van der Waals surface area contributed by atoms with Crippen LogP contribution in [0.2, 0.25) is 0 Å². The molecule has 0 aromatic heterocycles. The van der Waals surface area contributed by atoms with Crippen LogP contribution in [-0.4, -0.2) is 5.78 Å². The SMILES string of the molecule is C/C=C(\C)C(=O)CC. The Morgan fingerprint density at radius 3 is 2.25 bits per heavy atom. The van der Waals surface area contributed by atoms with Gasteiger partial charge in [0.05, 0.1) is 0 Å². The second-order valence-electron chi connectivity index (χ2n) is 1.75. The summed E-state index contributed by atoms with van der Waals surface area (Å²) in [5.74, 6) is 0.243. The van der Waals surface area contributed by atoms with Gasteiger partial charge < -0.3 is 0 Å². The van der Waals surface area contributed by atoms with E-state index in [0.717, 1.165) is 5.57 Å². The third kappa shape index (κ3) is 1.92. The molecule has 0 unspecified atom stereocenters. The lowest BCUT2D eigenvalue weighted by Crippen LogP contribution is -1.94. The zero-order valence-corrected chi connectivity index (χ0v) is 5.69.